The summed E-state index contributed by atoms with van der Waals surface area (Å²) in [4.78, 5) is 16.4. The van der Waals surface area contributed by atoms with E-state index in [0.29, 0.717) is 0 Å². The molecule has 0 aliphatic heterocycles. The molecule has 1 heterocycles. The summed E-state index contributed by atoms with van der Waals surface area (Å²) in [6, 6.07) is 1.51. The molecule has 0 bridgehead atoms. The molecule has 0 aliphatic carbocycles. The summed E-state index contributed by atoms with van der Waals surface area (Å²) in [6.45, 7) is 1.83. The fourth-order valence-corrected chi connectivity index (χ4v) is 1.43. The largest absolute Gasteiger partial charge is 0.390 e. The van der Waals surface area contributed by atoms with Crippen molar-refractivity contribution in [2.45, 2.75) is 25.6 Å². The van der Waals surface area contributed by atoms with Crippen molar-refractivity contribution in [1.82, 2.24) is 4.98 Å². The molecule has 17 heavy (non-hydrogen) atoms. The van der Waals surface area contributed by atoms with E-state index in [4.69, 9.17) is 5.53 Å². The number of rotatable bonds is 5. The fourth-order valence-electron chi connectivity index (χ4n) is 1.43. The van der Waals surface area contributed by atoms with E-state index in [9.17, 15) is 15.0 Å². The van der Waals surface area contributed by atoms with Crippen LogP contribution in [-0.4, -0.2) is 27.8 Å². The van der Waals surface area contributed by atoms with Crippen molar-refractivity contribution in [3.8, 4) is 0 Å². The van der Waals surface area contributed by atoms with Crippen LogP contribution in [0.15, 0.2) is 22.2 Å². The highest BCUT2D eigenvalue weighted by atomic mass is 16.3. The quantitative estimate of drug-likeness (QED) is 0.399. The van der Waals surface area contributed by atoms with Crippen LogP contribution in [0.25, 0.3) is 10.4 Å². The topological polar surface area (TPSA) is 122 Å². The first-order chi connectivity index (χ1) is 8.06. The van der Waals surface area contributed by atoms with Crippen molar-refractivity contribution in [2.24, 2.45) is 5.11 Å². The van der Waals surface area contributed by atoms with E-state index in [1.807, 2.05) is 0 Å². The lowest BCUT2D eigenvalue weighted by atomic mass is 10.0. The first-order valence-electron chi connectivity index (χ1n) is 5.12. The van der Waals surface area contributed by atoms with Crippen molar-refractivity contribution in [2.75, 3.05) is 6.54 Å². The van der Waals surface area contributed by atoms with Gasteiger partial charge in [-0.3, -0.25) is 4.79 Å². The standard InChI is InChI=1S/C10H14N4O3/c1-6-4-7(10(17)12-5-6)9(16)8(15)2-3-13-14-11/h4-5,8-9,15-16H,2-3H2,1H3,(H,12,17). The molecule has 0 saturated heterocycles. The average Bonchev–Trinajstić information content (AvgIpc) is 2.31. The molecule has 0 spiro atoms. The summed E-state index contributed by atoms with van der Waals surface area (Å²) in [5.41, 5.74) is 8.52. The Morgan fingerprint density at radius 2 is 2.29 bits per heavy atom. The van der Waals surface area contributed by atoms with Crippen LogP contribution in [0.5, 0.6) is 0 Å². The van der Waals surface area contributed by atoms with Gasteiger partial charge in [-0.2, -0.15) is 0 Å². The summed E-state index contributed by atoms with van der Waals surface area (Å²) in [6.07, 6.45) is -0.806. The SMILES string of the molecule is Cc1c[nH]c(=O)c(C(O)C(O)CCN=[N+]=[N-])c1. The van der Waals surface area contributed by atoms with Crippen LogP contribution in [-0.2, 0) is 0 Å². The predicted molar refractivity (Wildman–Crippen MR) is 61.4 cm³/mol. The molecular formula is C10H14N4O3. The number of aliphatic hydroxyl groups is 2. The van der Waals surface area contributed by atoms with Crippen LogP contribution in [0, 0.1) is 6.92 Å². The number of azide groups is 1. The maximum atomic E-state index is 11.4. The van der Waals surface area contributed by atoms with Crippen molar-refractivity contribution < 1.29 is 10.2 Å². The smallest absolute Gasteiger partial charge is 0.253 e. The van der Waals surface area contributed by atoms with Crippen LogP contribution in [0.1, 0.15) is 23.7 Å². The number of aromatic amines is 1. The van der Waals surface area contributed by atoms with Gasteiger partial charge in [0.15, 0.2) is 0 Å². The molecule has 0 saturated carbocycles. The maximum Gasteiger partial charge on any atom is 0.253 e. The van der Waals surface area contributed by atoms with E-state index >= 15 is 0 Å². The lowest BCUT2D eigenvalue weighted by Crippen LogP contribution is -2.25. The number of H-pyrrole nitrogens is 1. The first kappa shape index (κ1) is 13.2. The number of nitrogens with zero attached hydrogens (tertiary/aromatic N) is 3. The lowest BCUT2D eigenvalue weighted by Gasteiger charge is -2.16. The Kier molecular flexibility index (Phi) is 4.71. The summed E-state index contributed by atoms with van der Waals surface area (Å²) in [5.74, 6) is 0. The third-order valence-electron chi connectivity index (χ3n) is 2.35. The Balaban J connectivity index is 2.80. The Labute approximate surface area is 97.4 Å². The van der Waals surface area contributed by atoms with Gasteiger partial charge in [0.25, 0.3) is 5.56 Å². The van der Waals surface area contributed by atoms with Gasteiger partial charge in [-0.15, -0.1) is 0 Å². The number of hydrogen-bond donors (Lipinski definition) is 3. The number of nitrogens with one attached hydrogen (secondary N) is 1. The molecule has 0 radical (unpaired) electrons. The maximum absolute atomic E-state index is 11.4. The van der Waals surface area contributed by atoms with Crippen LogP contribution in [0.4, 0.5) is 0 Å². The summed E-state index contributed by atoms with van der Waals surface area (Å²) < 4.78 is 0. The minimum Gasteiger partial charge on any atom is -0.390 e. The molecule has 7 heteroatoms. The third-order valence-corrected chi connectivity index (χ3v) is 2.35. The van der Waals surface area contributed by atoms with Gasteiger partial charge in [0, 0.05) is 23.2 Å². The van der Waals surface area contributed by atoms with Crippen LogP contribution in [0.3, 0.4) is 0 Å². The molecule has 7 nitrogen and oxygen atoms in total. The monoisotopic (exact) mass is 238 g/mol. The molecule has 3 N–H and O–H groups in total. The first-order valence-corrected chi connectivity index (χ1v) is 5.12. The molecule has 92 valence electrons. The Morgan fingerprint density at radius 1 is 1.59 bits per heavy atom. The molecular weight excluding hydrogens is 224 g/mol. The zero-order chi connectivity index (χ0) is 12.8. The van der Waals surface area contributed by atoms with Gasteiger partial charge >= 0.3 is 0 Å². The number of aryl methyl sites for hydroxylation is 1. The van der Waals surface area contributed by atoms with Gasteiger partial charge in [0.1, 0.15) is 6.10 Å². The Hall–Kier alpha value is -1.82. The Morgan fingerprint density at radius 3 is 2.94 bits per heavy atom. The minimum atomic E-state index is -1.28. The molecule has 2 atom stereocenters. The number of pyridine rings is 1. The highest BCUT2D eigenvalue weighted by Gasteiger charge is 2.20. The number of aromatic nitrogens is 1. The van der Waals surface area contributed by atoms with Gasteiger partial charge in [0.05, 0.1) is 6.10 Å². The highest BCUT2D eigenvalue weighted by molar-refractivity contribution is 5.19. The molecule has 0 fully saturated rings. The molecule has 0 aliphatic rings. The zero-order valence-electron chi connectivity index (χ0n) is 9.37. The fraction of sp³-hybridized carbons (Fsp3) is 0.500. The second-order valence-electron chi connectivity index (χ2n) is 3.72. The lowest BCUT2D eigenvalue weighted by molar-refractivity contribution is 0.0142. The van der Waals surface area contributed by atoms with Crippen LogP contribution >= 0.6 is 0 Å². The van der Waals surface area contributed by atoms with Gasteiger partial charge in [-0.05, 0) is 30.5 Å². The summed E-state index contributed by atoms with van der Waals surface area (Å²) in [7, 11) is 0. The predicted octanol–water partition coefficient (Wildman–Crippen LogP) is 0.778. The van der Waals surface area contributed by atoms with E-state index in [0.717, 1.165) is 5.56 Å². The van der Waals surface area contributed by atoms with E-state index < -0.39 is 17.8 Å². The second-order valence-corrected chi connectivity index (χ2v) is 3.72. The third kappa shape index (κ3) is 3.60. The number of hydrogen-bond acceptors (Lipinski definition) is 4. The Bertz CT molecular complexity index is 479. The zero-order valence-corrected chi connectivity index (χ0v) is 9.37. The normalized spacial score (nSPS) is 13.8. The second kappa shape index (κ2) is 6.05. The molecule has 0 aromatic carbocycles. The van der Waals surface area contributed by atoms with Gasteiger partial charge < -0.3 is 15.2 Å². The van der Waals surface area contributed by atoms with Gasteiger partial charge in [-0.25, -0.2) is 0 Å². The average molecular weight is 238 g/mol. The summed E-state index contributed by atoms with van der Waals surface area (Å²) >= 11 is 0. The van der Waals surface area contributed by atoms with E-state index in [-0.39, 0.29) is 18.5 Å². The molecule has 1 rings (SSSR count). The summed E-state index contributed by atoms with van der Waals surface area (Å²) in [5, 5.41) is 22.7. The van der Waals surface area contributed by atoms with E-state index in [2.05, 4.69) is 15.0 Å². The van der Waals surface area contributed by atoms with Crippen molar-refractivity contribution in [1.29, 1.82) is 0 Å². The van der Waals surface area contributed by atoms with E-state index in [1.165, 1.54) is 12.3 Å². The van der Waals surface area contributed by atoms with Crippen molar-refractivity contribution in [3.63, 3.8) is 0 Å². The minimum absolute atomic E-state index is 0.0679. The molecule has 0 amide bonds. The van der Waals surface area contributed by atoms with Gasteiger partial charge in [0.2, 0.25) is 0 Å². The van der Waals surface area contributed by atoms with Gasteiger partial charge in [-0.1, -0.05) is 5.11 Å². The molecule has 1 aromatic rings. The van der Waals surface area contributed by atoms with Crippen LogP contribution < -0.4 is 5.56 Å². The van der Waals surface area contributed by atoms with E-state index in [1.54, 1.807) is 6.92 Å². The molecule has 1 aromatic heterocycles. The van der Waals surface area contributed by atoms with Crippen molar-refractivity contribution in [3.05, 3.63) is 44.2 Å². The number of aliphatic hydroxyl groups excluding tert-OH is 2. The van der Waals surface area contributed by atoms with Crippen LogP contribution in [0.2, 0.25) is 0 Å². The highest BCUT2D eigenvalue weighted by Crippen LogP contribution is 2.16. The van der Waals surface area contributed by atoms with Crippen molar-refractivity contribution >= 4 is 0 Å². The molecule has 2 unspecified atom stereocenters.